The maximum absolute atomic E-state index is 12.3. The highest BCUT2D eigenvalue weighted by molar-refractivity contribution is 5.99. The van der Waals surface area contributed by atoms with Crippen molar-refractivity contribution < 1.29 is 23.9 Å². The number of anilines is 1. The van der Waals surface area contributed by atoms with Crippen LogP contribution in [0.3, 0.4) is 0 Å². The van der Waals surface area contributed by atoms with Gasteiger partial charge in [0.2, 0.25) is 5.91 Å². The van der Waals surface area contributed by atoms with Crippen molar-refractivity contribution in [3.63, 3.8) is 0 Å². The van der Waals surface area contributed by atoms with Crippen molar-refractivity contribution in [1.29, 1.82) is 0 Å². The van der Waals surface area contributed by atoms with Gasteiger partial charge in [-0.2, -0.15) is 0 Å². The Morgan fingerprint density at radius 2 is 2.08 bits per heavy atom. The molecule has 0 bridgehead atoms. The monoisotopic (exact) mass is 360 g/mol. The summed E-state index contributed by atoms with van der Waals surface area (Å²) < 4.78 is 10.7. The van der Waals surface area contributed by atoms with Gasteiger partial charge in [0, 0.05) is 12.6 Å². The molecule has 0 unspecified atom stereocenters. The van der Waals surface area contributed by atoms with E-state index in [1.54, 1.807) is 23.1 Å². The van der Waals surface area contributed by atoms with Gasteiger partial charge >= 0.3 is 5.97 Å². The molecule has 1 aromatic carbocycles. The van der Waals surface area contributed by atoms with Gasteiger partial charge in [0.05, 0.1) is 18.7 Å². The molecule has 1 saturated heterocycles. The fourth-order valence-corrected chi connectivity index (χ4v) is 3.36. The summed E-state index contributed by atoms with van der Waals surface area (Å²) in [6.07, 6.45) is 3.25. The molecule has 26 heavy (non-hydrogen) atoms. The summed E-state index contributed by atoms with van der Waals surface area (Å²) in [4.78, 5) is 39.9. The fraction of sp³-hybridized carbons (Fsp3) is 0.526. The number of para-hydroxylation sites is 2. The lowest BCUT2D eigenvalue weighted by atomic mass is 10.0. The van der Waals surface area contributed by atoms with Crippen LogP contribution in [0.4, 0.5) is 5.69 Å². The maximum Gasteiger partial charge on any atom is 0.326 e. The third kappa shape index (κ3) is 4.15. The highest BCUT2D eigenvalue weighted by Gasteiger charge is 2.27. The normalized spacial score (nSPS) is 20.0. The molecule has 7 heteroatoms. The number of nitrogens with zero attached hydrogens (tertiary/aromatic N) is 2. The van der Waals surface area contributed by atoms with Crippen LogP contribution in [-0.2, 0) is 19.1 Å². The van der Waals surface area contributed by atoms with E-state index in [0.29, 0.717) is 18.0 Å². The van der Waals surface area contributed by atoms with Crippen LogP contribution in [0.25, 0.3) is 0 Å². The number of piperidine rings is 1. The molecule has 1 aromatic rings. The average molecular weight is 360 g/mol. The number of amides is 2. The lowest BCUT2D eigenvalue weighted by Crippen LogP contribution is -2.44. The van der Waals surface area contributed by atoms with Crippen LogP contribution in [0.1, 0.15) is 32.6 Å². The van der Waals surface area contributed by atoms with Crippen LogP contribution in [0.2, 0.25) is 0 Å². The van der Waals surface area contributed by atoms with E-state index < -0.39 is 5.97 Å². The van der Waals surface area contributed by atoms with Crippen molar-refractivity contribution in [2.45, 2.75) is 38.6 Å². The van der Waals surface area contributed by atoms with E-state index in [1.165, 1.54) is 4.90 Å². The third-order valence-electron chi connectivity index (χ3n) is 4.80. The van der Waals surface area contributed by atoms with E-state index in [4.69, 9.17) is 9.47 Å². The second-order valence-electron chi connectivity index (χ2n) is 6.64. The van der Waals surface area contributed by atoms with Crippen LogP contribution in [0.15, 0.2) is 24.3 Å². The number of likely N-dealkylation sites (tertiary alicyclic amines) is 1. The molecule has 3 rings (SSSR count). The summed E-state index contributed by atoms with van der Waals surface area (Å²) in [5, 5.41) is 0. The number of fused-ring (bicyclic) bond motifs is 1. The zero-order chi connectivity index (χ0) is 18.5. The smallest absolute Gasteiger partial charge is 0.326 e. The molecule has 0 aromatic heterocycles. The first-order chi connectivity index (χ1) is 12.6. The first-order valence-corrected chi connectivity index (χ1v) is 9.03. The summed E-state index contributed by atoms with van der Waals surface area (Å²) in [6, 6.07) is 7.25. The van der Waals surface area contributed by atoms with E-state index in [9.17, 15) is 14.4 Å². The van der Waals surface area contributed by atoms with Gasteiger partial charge in [-0.15, -0.1) is 0 Å². The van der Waals surface area contributed by atoms with E-state index in [1.807, 2.05) is 13.0 Å². The van der Waals surface area contributed by atoms with Crippen LogP contribution in [0.5, 0.6) is 5.75 Å². The number of ether oxygens (including phenoxy) is 2. The molecular weight excluding hydrogens is 336 g/mol. The molecule has 2 aliphatic rings. The van der Waals surface area contributed by atoms with Gasteiger partial charge in [-0.1, -0.05) is 12.1 Å². The molecule has 2 amide bonds. The highest BCUT2D eigenvalue weighted by atomic mass is 16.5. The predicted molar refractivity (Wildman–Crippen MR) is 94.9 cm³/mol. The highest BCUT2D eigenvalue weighted by Crippen LogP contribution is 2.30. The molecule has 0 aliphatic carbocycles. The van der Waals surface area contributed by atoms with Crippen molar-refractivity contribution in [2.75, 3.05) is 31.2 Å². The quantitative estimate of drug-likeness (QED) is 0.765. The maximum atomic E-state index is 12.3. The van der Waals surface area contributed by atoms with E-state index in [0.717, 1.165) is 19.3 Å². The van der Waals surface area contributed by atoms with Gasteiger partial charge in [0.15, 0.2) is 6.61 Å². The molecule has 7 nitrogen and oxygen atoms in total. The minimum absolute atomic E-state index is 0.172. The van der Waals surface area contributed by atoms with Crippen LogP contribution >= 0.6 is 0 Å². The largest absolute Gasteiger partial charge is 0.491 e. The molecule has 1 atom stereocenters. The molecule has 2 aliphatic heterocycles. The molecule has 0 N–H and O–H groups in total. The molecule has 0 spiro atoms. The first-order valence-electron chi connectivity index (χ1n) is 9.03. The Morgan fingerprint density at radius 1 is 1.27 bits per heavy atom. The molecular formula is C19H24N2O5. The average Bonchev–Trinajstić information content (AvgIpc) is 2.79. The molecule has 0 saturated carbocycles. The van der Waals surface area contributed by atoms with E-state index in [-0.39, 0.29) is 44.0 Å². The van der Waals surface area contributed by atoms with Gasteiger partial charge in [0.25, 0.3) is 5.91 Å². The number of hydrogen-bond acceptors (Lipinski definition) is 5. The zero-order valence-electron chi connectivity index (χ0n) is 15.0. The molecule has 140 valence electrons. The summed E-state index contributed by atoms with van der Waals surface area (Å²) in [6.45, 7) is 2.46. The van der Waals surface area contributed by atoms with Crippen molar-refractivity contribution in [1.82, 2.24) is 4.90 Å². The third-order valence-corrected chi connectivity index (χ3v) is 4.80. The van der Waals surface area contributed by atoms with Gasteiger partial charge < -0.3 is 14.4 Å². The van der Waals surface area contributed by atoms with Crippen LogP contribution in [-0.4, -0.2) is 55.0 Å². The molecule has 2 heterocycles. The Balaban J connectivity index is 1.59. The minimum atomic E-state index is -0.604. The fourth-order valence-electron chi connectivity index (χ4n) is 3.36. The number of rotatable bonds is 4. The molecule has 1 fully saturated rings. The Bertz CT molecular complexity index is 690. The number of benzene rings is 1. The van der Waals surface area contributed by atoms with Crippen molar-refractivity contribution in [3.8, 4) is 5.75 Å². The van der Waals surface area contributed by atoms with Crippen molar-refractivity contribution >= 4 is 23.5 Å². The summed E-state index contributed by atoms with van der Waals surface area (Å²) >= 11 is 0. The Morgan fingerprint density at radius 3 is 2.88 bits per heavy atom. The van der Waals surface area contributed by atoms with Gasteiger partial charge in [-0.05, 0) is 38.3 Å². The van der Waals surface area contributed by atoms with Gasteiger partial charge in [-0.3, -0.25) is 19.3 Å². The lowest BCUT2D eigenvalue weighted by Gasteiger charge is -2.33. The standard InChI is InChI=1S/C19H24N2O5/c1-14-6-4-5-10-20(14)18(23)13-26-19(24)12-21-15-7-2-3-8-16(15)25-11-9-17(21)22/h2-3,7-8,14H,4-6,9-13H2,1H3/t14-/m0/s1. The number of esters is 1. The predicted octanol–water partition coefficient (Wildman–Crippen LogP) is 1.75. The van der Waals surface area contributed by atoms with Crippen LogP contribution < -0.4 is 9.64 Å². The summed E-state index contributed by atoms with van der Waals surface area (Å²) in [7, 11) is 0. The second kappa shape index (κ2) is 8.21. The summed E-state index contributed by atoms with van der Waals surface area (Å²) in [5.41, 5.74) is 0.544. The summed E-state index contributed by atoms with van der Waals surface area (Å²) in [5.74, 6) is -0.434. The number of carbonyl (C=O) groups excluding carboxylic acids is 3. The Kier molecular flexibility index (Phi) is 5.75. The Labute approximate surface area is 152 Å². The number of hydrogen-bond donors (Lipinski definition) is 0. The molecule has 0 radical (unpaired) electrons. The van der Waals surface area contributed by atoms with Crippen molar-refractivity contribution in [2.24, 2.45) is 0 Å². The lowest BCUT2D eigenvalue weighted by molar-refractivity contribution is -0.152. The number of carbonyl (C=O) groups is 3. The van der Waals surface area contributed by atoms with E-state index >= 15 is 0 Å². The van der Waals surface area contributed by atoms with E-state index in [2.05, 4.69) is 0 Å². The Hall–Kier alpha value is -2.57. The topological polar surface area (TPSA) is 76.2 Å². The van der Waals surface area contributed by atoms with Crippen LogP contribution in [0, 0.1) is 0 Å². The van der Waals surface area contributed by atoms with Crippen molar-refractivity contribution in [3.05, 3.63) is 24.3 Å². The second-order valence-corrected chi connectivity index (χ2v) is 6.64. The first kappa shape index (κ1) is 18.2. The van der Waals surface area contributed by atoms with Gasteiger partial charge in [-0.25, -0.2) is 0 Å². The van der Waals surface area contributed by atoms with Gasteiger partial charge in [0.1, 0.15) is 12.3 Å². The SMILES string of the molecule is C[C@H]1CCCCN1C(=O)COC(=O)CN1C(=O)CCOc2ccccc21. The minimum Gasteiger partial charge on any atom is -0.491 e. The zero-order valence-corrected chi connectivity index (χ0v) is 15.0.